The smallest absolute Gasteiger partial charge is 0.0665 e. The maximum absolute atomic E-state index is 9.35. The number of aryl methyl sites for hydroxylation is 2. The Hall–Kier alpha value is -0.860. The zero-order chi connectivity index (χ0) is 10.6. The Labute approximate surface area is 85.8 Å². The number of rotatable bonds is 4. The predicted molar refractivity (Wildman–Crippen MR) is 59.3 cm³/mol. The third kappa shape index (κ3) is 2.82. The molecule has 0 radical (unpaired) electrons. The van der Waals surface area contributed by atoms with Crippen LogP contribution in [-0.2, 0) is 6.42 Å². The second kappa shape index (κ2) is 5.13. The van der Waals surface area contributed by atoms with Crippen molar-refractivity contribution in [2.45, 2.75) is 32.8 Å². The maximum Gasteiger partial charge on any atom is 0.0665 e. The Morgan fingerprint density at radius 2 is 2.07 bits per heavy atom. The molecule has 0 bridgehead atoms. The van der Waals surface area contributed by atoms with Gasteiger partial charge in [-0.05, 0) is 43.4 Å². The standard InChI is InChI=1S/C12H19NO/c1-9-4-3-5-11(10(9)2)6-7-12(14)8-13/h3-5,12,14H,6-8,13H2,1-2H3. The van der Waals surface area contributed by atoms with Gasteiger partial charge in [-0.1, -0.05) is 18.2 Å². The number of nitrogens with two attached hydrogens (primary N) is 1. The molecule has 1 unspecified atom stereocenters. The summed E-state index contributed by atoms with van der Waals surface area (Å²) in [6.45, 7) is 4.59. The summed E-state index contributed by atoms with van der Waals surface area (Å²) in [5.74, 6) is 0. The van der Waals surface area contributed by atoms with Gasteiger partial charge in [0.25, 0.3) is 0 Å². The molecule has 2 nitrogen and oxygen atoms in total. The molecule has 3 N–H and O–H groups in total. The fourth-order valence-corrected chi connectivity index (χ4v) is 1.52. The van der Waals surface area contributed by atoms with Crippen molar-refractivity contribution in [2.24, 2.45) is 5.73 Å². The van der Waals surface area contributed by atoms with E-state index in [1.807, 2.05) is 0 Å². The van der Waals surface area contributed by atoms with E-state index in [4.69, 9.17) is 5.73 Å². The summed E-state index contributed by atoms with van der Waals surface area (Å²) >= 11 is 0. The minimum Gasteiger partial charge on any atom is -0.392 e. The molecule has 0 aliphatic rings. The Kier molecular flexibility index (Phi) is 4.11. The van der Waals surface area contributed by atoms with Crippen molar-refractivity contribution in [3.63, 3.8) is 0 Å². The first-order valence-electron chi connectivity index (χ1n) is 5.08. The summed E-state index contributed by atoms with van der Waals surface area (Å²) in [6.07, 6.45) is 1.29. The van der Waals surface area contributed by atoms with Crippen LogP contribution in [0.1, 0.15) is 23.1 Å². The third-order valence-electron chi connectivity index (χ3n) is 2.74. The van der Waals surface area contributed by atoms with E-state index in [-0.39, 0.29) is 6.10 Å². The fraction of sp³-hybridized carbons (Fsp3) is 0.500. The molecule has 0 heterocycles. The van der Waals surface area contributed by atoms with Gasteiger partial charge < -0.3 is 10.8 Å². The number of aliphatic hydroxyl groups is 1. The molecular formula is C12H19NO. The van der Waals surface area contributed by atoms with E-state index in [9.17, 15) is 5.11 Å². The monoisotopic (exact) mass is 193 g/mol. The number of hydrogen-bond acceptors (Lipinski definition) is 2. The van der Waals surface area contributed by atoms with Crippen LogP contribution >= 0.6 is 0 Å². The van der Waals surface area contributed by atoms with Gasteiger partial charge in [0.1, 0.15) is 0 Å². The Morgan fingerprint density at radius 3 is 2.71 bits per heavy atom. The van der Waals surface area contributed by atoms with Crippen LogP contribution < -0.4 is 5.73 Å². The Morgan fingerprint density at radius 1 is 1.36 bits per heavy atom. The van der Waals surface area contributed by atoms with Crippen molar-refractivity contribution in [2.75, 3.05) is 6.54 Å². The molecule has 1 aromatic carbocycles. The lowest BCUT2D eigenvalue weighted by molar-refractivity contribution is 0.173. The molecule has 0 fully saturated rings. The molecule has 78 valence electrons. The molecule has 0 amide bonds. The summed E-state index contributed by atoms with van der Waals surface area (Å²) in [4.78, 5) is 0. The van der Waals surface area contributed by atoms with Crippen LogP contribution in [0.25, 0.3) is 0 Å². The van der Waals surface area contributed by atoms with Crippen molar-refractivity contribution in [1.29, 1.82) is 0 Å². The fourth-order valence-electron chi connectivity index (χ4n) is 1.52. The Bertz CT molecular complexity index is 296. The average Bonchev–Trinajstić information content (AvgIpc) is 2.20. The molecule has 0 aliphatic carbocycles. The lowest BCUT2D eigenvalue weighted by Gasteiger charge is -2.10. The molecule has 0 saturated heterocycles. The second-order valence-electron chi connectivity index (χ2n) is 3.79. The van der Waals surface area contributed by atoms with Crippen LogP contribution in [0, 0.1) is 13.8 Å². The first kappa shape index (κ1) is 11.2. The molecule has 1 atom stereocenters. The minimum absolute atomic E-state index is 0.352. The molecule has 2 heteroatoms. The highest BCUT2D eigenvalue weighted by molar-refractivity contribution is 5.33. The summed E-state index contributed by atoms with van der Waals surface area (Å²) in [5, 5.41) is 9.35. The number of aliphatic hydroxyl groups excluding tert-OH is 1. The van der Waals surface area contributed by atoms with Gasteiger partial charge in [-0.25, -0.2) is 0 Å². The van der Waals surface area contributed by atoms with E-state index in [0.717, 1.165) is 12.8 Å². The van der Waals surface area contributed by atoms with Crippen LogP contribution in [0.2, 0.25) is 0 Å². The van der Waals surface area contributed by atoms with Crippen LogP contribution in [0.5, 0.6) is 0 Å². The molecule has 0 spiro atoms. The van der Waals surface area contributed by atoms with Gasteiger partial charge in [0.05, 0.1) is 6.10 Å². The van der Waals surface area contributed by atoms with Crippen LogP contribution in [-0.4, -0.2) is 17.8 Å². The highest BCUT2D eigenvalue weighted by Crippen LogP contribution is 2.14. The van der Waals surface area contributed by atoms with Gasteiger partial charge in [-0.15, -0.1) is 0 Å². The predicted octanol–water partition coefficient (Wildman–Crippen LogP) is 1.56. The van der Waals surface area contributed by atoms with Gasteiger partial charge >= 0.3 is 0 Å². The number of hydrogen-bond donors (Lipinski definition) is 2. The maximum atomic E-state index is 9.35. The second-order valence-corrected chi connectivity index (χ2v) is 3.79. The van der Waals surface area contributed by atoms with E-state index >= 15 is 0 Å². The summed E-state index contributed by atoms with van der Waals surface area (Å²) in [5.41, 5.74) is 9.31. The quantitative estimate of drug-likeness (QED) is 0.762. The van der Waals surface area contributed by atoms with Crippen molar-refractivity contribution >= 4 is 0 Å². The van der Waals surface area contributed by atoms with Crippen molar-refractivity contribution in [3.05, 3.63) is 34.9 Å². The number of benzene rings is 1. The van der Waals surface area contributed by atoms with Gasteiger partial charge in [0.2, 0.25) is 0 Å². The molecule has 1 rings (SSSR count). The minimum atomic E-state index is -0.366. The summed E-state index contributed by atoms with van der Waals surface area (Å²) in [7, 11) is 0. The zero-order valence-electron chi connectivity index (χ0n) is 8.96. The van der Waals surface area contributed by atoms with Crippen LogP contribution in [0.15, 0.2) is 18.2 Å². The van der Waals surface area contributed by atoms with Gasteiger partial charge in [0.15, 0.2) is 0 Å². The van der Waals surface area contributed by atoms with E-state index in [2.05, 4.69) is 32.0 Å². The summed E-state index contributed by atoms with van der Waals surface area (Å²) in [6, 6.07) is 6.29. The molecule has 0 aromatic heterocycles. The molecule has 14 heavy (non-hydrogen) atoms. The first-order valence-corrected chi connectivity index (χ1v) is 5.08. The SMILES string of the molecule is Cc1cccc(CCC(O)CN)c1C. The normalized spacial score (nSPS) is 12.9. The van der Waals surface area contributed by atoms with E-state index < -0.39 is 0 Å². The lowest BCUT2D eigenvalue weighted by Crippen LogP contribution is -2.20. The van der Waals surface area contributed by atoms with Crippen molar-refractivity contribution in [1.82, 2.24) is 0 Å². The molecular weight excluding hydrogens is 174 g/mol. The van der Waals surface area contributed by atoms with Gasteiger partial charge in [-0.3, -0.25) is 0 Å². The van der Waals surface area contributed by atoms with Crippen molar-refractivity contribution in [3.8, 4) is 0 Å². The van der Waals surface area contributed by atoms with Gasteiger partial charge in [0, 0.05) is 6.54 Å². The average molecular weight is 193 g/mol. The largest absolute Gasteiger partial charge is 0.392 e. The summed E-state index contributed by atoms with van der Waals surface area (Å²) < 4.78 is 0. The Balaban J connectivity index is 2.63. The van der Waals surface area contributed by atoms with Gasteiger partial charge in [-0.2, -0.15) is 0 Å². The van der Waals surface area contributed by atoms with E-state index in [0.29, 0.717) is 6.54 Å². The third-order valence-corrected chi connectivity index (χ3v) is 2.74. The van der Waals surface area contributed by atoms with Crippen molar-refractivity contribution < 1.29 is 5.11 Å². The van der Waals surface area contributed by atoms with E-state index in [1.165, 1.54) is 16.7 Å². The molecule has 0 saturated carbocycles. The highest BCUT2D eigenvalue weighted by atomic mass is 16.3. The van der Waals surface area contributed by atoms with E-state index in [1.54, 1.807) is 0 Å². The first-order chi connectivity index (χ1) is 6.65. The van der Waals surface area contributed by atoms with Crippen LogP contribution in [0.4, 0.5) is 0 Å². The molecule has 0 aliphatic heterocycles. The lowest BCUT2D eigenvalue weighted by atomic mass is 9.98. The molecule has 1 aromatic rings. The highest BCUT2D eigenvalue weighted by Gasteiger charge is 2.04. The van der Waals surface area contributed by atoms with Crippen LogP contribution in [0.3, 0.4) is 0 Å². The topological polar surface area (TPSA) is 46.2 Å². The zero-order valence-corrected chi connectivity index (χ0v) is 8.96.